The van der Waals surface area contributed by atoms with Gasteiger partial charge in [-0.2, -0.15) is 5.26 Å². The molecule has 2 amide bonds. The predicted octanol–water partition coefficient (Wildman–Crippen LogP) is 4.39. The Hall–Kier alpha value is -3.91. The Kier molecular flexibility index (Phi) is 6.06. The highest BCUT2D eigenvalue weighted by atomic mass is 16.2. The van der Waals surface area contributed by atoms with Gasteiger partial charge in [-0.15, -0.1) is 0 Å². The van der Waals surface area contributed by atoms with E-state index in [0.717, 1.165) is 16.8 Å². The molecule has 0 aliphatic heterocycles. The van der Waals surface area contributed by atoms with E-state index in [2.05, 4.69) is 11.4 Å². The van der Waals surface area contributed by atoms with Crippen molar-refractivity contribution in [2.75, 3.05) is 12.4 Å². The van der Waals surface area contributed by atoms with E-state index < -0.39 is 0 Å². The standard InChI is InChI=1S/C24H21N3O2/c1-17-3-13-22(14-4-17)26-23(28)20-9-11-21(12-10-20)24(29)27(2)16-19-7-5-18(15-25)6-8-19/h3-14H,16H2,1-2H3,(H,26,28). The fourth-order valence-corrected chi connectivity index (χ4v) is 2.86. The zero-order valence-electron chi connectivity index (χ0n) is 16.3. The number of nitrogens with one attached hydrogen (secondary N) is 1. The number of carbonyl (C=O) groups is 2. The lowest BCUT2D eigenvalue weighted by Crippen LogP contribution is -2.26. The average Bonchev–Trinajstić information content (AvgIpc) is 2.75. The Morgan fingerprint density at radius 1 is 0.897 bits per heavy atom. The van der Waals surface area contributed by atoms with Gasteiger partial charge in [-0.3, -0.25) is 9.59 Å². The van der Waals surface area contributed by atoms with Gasteiger partial charge in [0.2, 0.25) is 0 Å². The molecule has 0 aromatic heterocycles. The van der Waals surface area contributed by atoms with Crippen molar-refractivity contribution < 1.29 is 9.59 Å². The molecule has 29 heavy (non-hydrogen) atoms. The monoisotopic (exact) mass is 383 g/mol. The first-order valence-corrected chi connectivity index (χ1v) is 9.19. The number of rotatable bonds is 5. The molecule has 0 fully saturated rings. The number of nitrogens with zero attached hydrogens (tertiary/aromatic N) is 2. The summed E-state index contributed by atoms with van der Waals surface area (Å²) in [5.41, 5.74) is 4.36. The Morgan fingerprint density at radius 2 is 1.48 bits per heavy atom. The molecule has 1 N–H and O–H groups in total. The van der Waals surface area contributed by atoms with Gasteiger partial charge in [-0.05, 0) is 61.0 Å². The third-order valence-corrected chi connectivity index (χ3v) is 4.55. The summed E-state index contributed by atoms with van der Waals surface area (Å²) in [6.45, 7) is 2.42. The van der Waals surface area contributed by atoms with Crippen LogP contribution in [0.5, 0.6) is 0 Å². The van der Waals surface area contributed by atoms with Crippen LogP contribution in [-0.4, -0.2) is 23.8 Å². The summed E-state index contributed by atoms with van der Waals surface area (Å²) in [5, 5.41) is 11.7. The molecule has 144 valence electrons. The van der Waals surface area contributed by atoms with Crippen molar-refractivity contribution in [3.05, 3.63) is 101 Å². The van der Waals surface area contributed by atoms with Crippen molar-refractivity contribution in [1.82, 2.24) is 4.90 Å². The number of carbonyl (C=O) groups excluding carboxylic acids is 2. The van der Waals surface area contributed by atoms with Crippen molar-refractivity contribution in [2.24, 2.45) is 0 Å². The van der Waals surface area contributed by atoms with Crippen molar-refractivity contribution in [1.29, 1.82) is 5.26 Å². The first kappa shape index (κ1) is 19.8. The van der Waals surface area contributed by atoms with Gasteiger partial charge in [0.15, 0.2) is 0 Å². The van der Waals surface area contributed by atoms with Crippen LogP contribution >= 0.6 is 0 Å². The van der Waals surface area contributed by atoms with Crippen molar-refractivity contribution in [3.8, 4) is 6.07 Å². The first-order chi connectivity index (χ1) is 14.0. The number of hydrogen-bond donors (Lipinski definition) is 1. The van der Waals surface area contributed by atoms with Crippen LogP contribution in [0.4, 0.5) is 5.69 Å². The largest absolute Gasteiger partial charge is 0.337 e. The Morgan fingerprint density at radius 3 is 2.07 bits per heavy atom. The second kappa shape index (κ2) is 8.85. The molecule has 0 radical (unpaired) electrons. The quantitative estimate of drug-likeness (QED) is 0.710. The average molecular weight is 383 g/mol. The molecule has 5 heteroatoms. The molecule has 0 spiro atoms. The number of benzene rings is 3. The summed E-state index contributed by atoms with van der Waals surface area (Å²) in [6.07, 6.45) is 0. The van der Waals surface area contributed by atoms with E-state index in [4.69, 9.17) is 5.26 Å². The molecular weight excluding hydrogens is 362 g/mol. The minimum atomic E-state index is -0.223. The number of aryl methyl sites for hydroxylation is 1. The van der Waals surface area contributed by atoms with E-state index in [9.17, 15) is 9.59 Å². The molecule has 0 bridgehead atoms. The van der Waals surface area contributed by atoms with Crippen LogP contribution in [0, 0.1) is 18.3 Å². The van der Waals surface area contributed by atoms with Gasteiger partial charge in [0.1, 0.15) is 0 Å². The van der Waals surface area contributed by atoms with Crippen molar-refractivity contribution in [2.45, 2.75) is 13.5 Å². The smallest absolute Gasteiger partial charge is 0.255 e. The van der Waals surface area contributed by atoms with Crippen LogP contribution in [0.25, 0.3) is 0 Å². The molecule has 3 rings (SSSR count). The summed E-state index contributed by atoms with van der Waals surface area (Å²) in [6, 6.07) is 23.4. The summed E-state index contributed by atoms with van der Waals surface area (Å²) in [5.74, 6) is -0.362. The van der Waals surface area contributed by atoms with E-state index in [1.54, 1.807) is 48.3 Å². The highest BCUT2D eigenvalue weighted by Gasteiger charge is 2.13. The van der Waals surface area contributed by atoms with Crippen LogP contribution in [0.3, 0.4) is 0 Å². The Bertz CT molecular complexity index is 1050. The van der Waals surface area contributed by atoms with Gasteiger partial charge in [0, 0.05) is 30.4 Å². The van der Waals surface area contributed by atoms with Crippen molar-refractivity contribution >= 4 is 17.5 Å². The molecule has 0 aliphatic carbocycles. The Balaban J connectivity index is 1.63. The second-order valence-corrected chi connectivity index (χ2v) is 6.87. The molecule has 0 heterocycles. The third kappa shape index (κ3) is 5.08. The van der Waals surface area contributed by atoms with E-state index in [1.165, 1.54) is 0 Å². The van der Waals surface area contributed by atoms with Crippen LogP contribution in [0.1, 0.15) is 37.4 Å². The molecule has 0 atom stereocenters. The van der Waals surface area contributed by atoms with Gasteiger partial charge < -0.3 is 10.2 Å². The molecule has 3 aromatic carbocycles. The topological polar surface area (TPSA) is 73.2 Å². The minimum Gasteiger partial charge on any atom is -0.337 e. The Labute approximate surface area is 170 Å². The van der Waals surface area contributed by atoms with Gasteiger partial charge >= 0.3 is 0 Å². The predicted molar refractivity (Wildman–Crippen MR) is 113 cm³/mol. The first-order valence-electron chi connectivity index (χ1n) is 9.19. The number of nitriles is 1. The highest BCUT2D eigenvalue weighted by molar-refractivity contribution is 6.05. The van der Waals surface area contributed by atoms with Crippen LogP contribution in [0.2, 0.25) is 0 Å². The maximum atomic E-state index is 12.6. The van der Waals surface area contributed by atoms with Crippen molar-refractivity contribution in [3.63, 3.8) is 0 Å². The lowest BCUT2D eigenvalue weighted by molar-refractivity contribution is 0.0784. The van der Waals surface area contributed by atoms with Crippen LogP contribution < -0.4 is 5.32 Å². The summed E-state index contributed by atoms with van der Waals surface area (Å²) < 4.78 is 0. The molecule has 0 aliphatic rings. The summed E-state index contributed by atoms with van der Waals surface area (Å²) in [4.78, 5) is 26.6. The maximum absolute atomic E-state index is 12.6. The fourth-order valence-electron chi connectivity index (χ4n) is 2.86. The van der Waals surface area contributed by atoms with Crippen LogP contribution in [0.15, 0.2) is 72.8 Å². The zero-order valence-corrected chi connectivity index (χ0v) is 16.3. The van der Waals surface area contributed by atoms with E-state index in [-0.39, 0.29) is 11.8 Å². The van der Waals surface area contributed by atoms with Gasteiger partial charge in [0.05, 0.1) is 11.6 Å². The molecule has 0 saturated carbocycles. The lowest BCUT2D eigenvalue weighted by atomic mass is 10.1. The SMILES string of the molecule is Cc1ccc(NC(=O)c2ccc(C(=O)N(C)Cc3ccc(C#N)cc3)cc2)cc1. The second-order valence-electron chi connectivity index (χ2n) is 6.87. The van der Waals surface area contributed by atoms with Crippen LogP contribution in [-0.2, 0) is 6.54 Å². The van der Waals surface area contributed by atoms with E-state index >= 15 is 0 Å². The van der Waals surface area contributed by atoms with Gasteiger partial charge in [-0.25, -0.2) is 0 Å². The lowest BCUT2D eigenvalue weighted by Gasteiger charge is -2.17. The maximum Gasteiger partial charge on any atom is 0.255 e. The number of amides is 2. The molecule has 5 nitrogen and oxygen atoms in total. The highest BCUT2D eigenvalue weighted by Crippen LogP contribution is 2.14. The van der Waals surface area contributed by atoms with Gasteiger partial charge in [-0.1, -0.05) is 29.8 Å². The fraction of sp³-hybridized carbons (Fsp3) is 0.125. The molecular formula is C24H21N3O2. The molecule has 0 unspecified atom stereocenters. The van der Waals surface area contributed by atoms with E-state index in [0.29, 0.717) is 23.2 Å². The third-order valence-electron chi connectivity index (χ3n) is 4.55. The zero-order chi connectivity index (χ0) is 20.8. The van der Waals surface area contributed by atoms with Gasteiger partial charge in [0.25, 0.3) is 11.8 Å². The van der Waals surface area contributed by atoms with E-state index in [1.807, 2.05) is 43.3 Å². The number of anilines is 1. The summed E-state index contributed by atoms with van der Waals surface area (Å²) in [7, 11) is 1.72. The minimum absolute atomic E-state index is 0.139. The molecule has 0 saturated heterocycles. The normalized spacial score (nSPS) is 10.1. The molecule has 3 aromatic rings. The summed E-state index contributed by atoms with van der Waals surface area (Å²) >= 11 is 0. The number of hydrogen-bond acceptors (Lipinski definition) is 3.